The van der Waals surface area contributed by atoms with Crippen molar-refractivity contribution in [3.05, 3.63) is 48.3 Å². The zero-order valence-corrected chi connectivity index (χ0v) is 14.7. The van der Waals surface area contributed by atoms with Crippen molar-refractivity contribution >= 4 is 23.2 Å². The van der Waals surface area contributed by atoms with E-state index in [-0.39, 0.29) is 6.03 Å². The standard InChI is InChI=1S/C18H21N7O/c1-2-14-5-3-4-6-15(14)20-18(26)24-11-9-23(10-12-24)17-8-7-16-21-19-13-25(16)22-17/h3-8,13H,2,9-12H2,1H3,(H,20,26). The van der Waals surface area contributed by atoms with Crippen LogP contribution in [0.25, 0.3) is 5.65 Å². The van der Waals surface area contributed by atoms with Crippen LogP contribution < -0.4 is 10.2 Å². The second-order valence-corrected chi connectivity index (χ2v) is 6.24. The quantitative estimate of drug-likeness (QED) is 0.781. The number of benzene rings is 1. The topological polar surface area (TPSA) is 78.7 Å². The number of amides is 2. The van der Waals surface area contributed by atoms with E-state index in [2.05, 4.69) is 32.4 Å². The first-order valence-corrected chi connectivity index (χ1v) is 8.80. The first-order chi connectivity index (χ1) is 12.7. The third-order valence-corrected chi connectivity index (χ3v) is 4.68. The Bertz CT molecular complexity index is 915. The Hall–Kier alpha value is -3.16. The van der Waals surface area contributed by atoms with Crippen LogP contribution in [0.5, 0.6) is 0 Å². The van der Waals surface area contributed by atoms with Gasteiger partial charge in [-0.1, -0.05) is 25.1 Å². The minimum atomic E-state index is -0.0484. The number of aryl methyl sites for hydroxylation is 1. The van der Waals surface area contributed by atoms with Crippen LogP contribution in [0.15, 0.2) is 42.7 Å². The molecule has 0 atom stereocenters. The molecule has 1 aromatic carbocycles. The lowest BCUT2D eigenvalue weighted by Crippen LogP contribution is -2.50. The van der Waals surface area contributed by atoms with Crippen LogP contribution in [0, 0.1) is 0 Å². The van der Waals surface area contributed by atoms with Crippen molar-refractivity contribution in [1.82, 2.24) is 24.7 Å². The predicted molar refractivity (Wildman–Crippen MR) is 99.4 cm³/mol. The van der Waals surface area contributed by atoms with E-state index < -0.39 is 0 Å². The van der Waals surface area contributed by atoms with Crippen LogP contribution in [0.3, 0.4) is 0 Å². The summed E-state index contributed by atoms with van der Waals surface area (Å²) in [6, 6.07) is 11.7. The molecule has 2 amide bonds. The van der Waals surface area contributed by atoms with Gasteiger partial charge in [0.05, 0.1) is 0 Å². The number of carbonyl (C=O) groups is 1. The number of hydrogen-bond acceptors (Lipinski definition) is 5. The number of carbonyl (C=O) groups excluding carboxylic acids is 1. The third-order valence-electron chi connectivity index (χ3n) is 4.68. The van der Waals surface area contributed by atoms with Crippen molar-refractivity contribution < 1.29 is 4.79 Å². The van der Waals surface area contributed by atoms with E-state index in [9.17, 15) is 4.79 Å². The smallest absolute Gasteiger partial charge is 0.321 e. The number of nitrogens with zero attached hydrogens (tertiary/aromatic N) is 6. The van der Waals surface area contributed by atoms with Gasteiger partial charge in [0.1, 0.15) is 12.1 Å². The van der Waals surface area contributed by atoms with Crippen molar-refractivity contribution in [2.75, 3.05) is 36.4 Å². The van der Waals surface area contributed by atoms with Gasteiger partial charge in [-0.2, -0.15) is 4.52 Å². The van der Waals surface area contributed by atoms with Gasteiger partial charge in [-0.25, -0.2) is 4.79 Å². The number of piperazine rings is 1. The fourth-order valence-corrected chi connectivity index (χ4v) is 3.17. The summed E-state index contributed by atoms with van der Waals surface area (Å²) < 4.78 is 1.66. The highest BCUT2D eigenvalue weighted by molar-refractivity contribution is 5.90. The number of fused-ring (bicyclic) bond motifs is 1. The van der Waals surface area contributed by atoms with Gasteiger partial charge in [0, 0.05) is 31.9 Å². The highest BCUT2D eigenvalue weighted by Gasteiger charge is 2.22. The monoisotopic (exact) mass is 351 g/mol. The maximum Gasteiger partial charge on any atom is 0.321 e. The minimum Gasteiger partial charge on any atom is -0.352 e. The fraction of sp³-hybridized carbons (Fsp3) is 0.333. The van der Waals surface area contributed by atoms with Gasteiger partial charge in [-0.3, -0.25) is 0 Å². The van der Waals surface area contributed by atoms with Gasteiger partial charge < -0.3 is 15.1 Å². The van der Waals surface area contributed by atoms with Crippen molar-refractivity contribution in [2.45, 2.75) is 13.3 Å². The Balaban J connectivity index is 1.39. The van der Waals surface area contributed by atoms with Crippen molar-refractivity contribution in [2.24, 2.45) is 0 Å². The SMILES string of the molecule is CCc1ccccc1NC(=O)N1CCN(c2ccc3nncn3n2)CC1. The number of rotatable bonds is 3. The summed E-state index contributed by atoms with van der Waals surface area (Å²) in [5.74, 6) is 0.869. The fourth-order valence-electron chi connectivity index (χ4n) is 3.17. The van der Waals surface area contributed by atoms with Crippen LogP contribution in [0.4, 0.5) is 16.3 Å². The van der Waals surface area contributed by atoms with Gasteiger partial charge in [0.2, 0.25) is 0 Å². The van der Waals surface area contributed by atoms with E-state index in [1.54, 1.807) is 10.8 Å². The molecule has 1 fully saturated rings. The number of nitrogens with one attached hydrogen (secondary N) is 1. The van der Waals surface area contributed by atoms with Gasteiger partial charge >= 0.3 is 6.03 Å². The maximum absolute atomic E-state index is 12.6. The molecule has 2 aromatic heterocycles. The first kappa shape index (κ1) is 16.3. The molecule has 0 bridgehead atoms. The summed E-state index contributed by atoms with van der Waals surface area (Å²) in [4.78, 5) is 16.6. The Labute approximate surface area is 151 Å². The molecule has 1 aliphatic heterocycles. The summed E-state index contributed by atoms with van der Waals surface area (Å²) >= 11 is 0. The molecule has 26 heavy (non-hydrogen) atoms. The van der Waals surface area contributed by atoms with Gasteiger partial charge in [-0.15, -0.1) is 15.3 Å². The number of anilines is 2. The zero-order valence-electron chi connectivity index (χ0n) is 14.7. The highest BCUT2D eigenvalue weighted by atomic mass is 16.2. The van der Waals surface area contributed by atoms with Crippen molar-refractivity contribution in [1.29, 1.82) is 0 Å². The second kappa shape index (κ2) is 6.99. The number of urea groups is 1. The molecule has 0 radical (unpaired) electrons. The summed E-state index contributed by atoms with van der Waals surface area (Å²) in [5.41, 5.74) is 2.76. The van der Waals surface area contributed by atoms with Gasteiger partial charge in [-0.05, 0) is 30.2 Å². The molecule has 8 nitrogen and oxygen atoms in total. The van der Waals surface area contributed by atoms with E-state index in [1.807, 2.05) is 41.3 Å². The number of hydrogen-bond donors (Lipinski definition) is 1. The molecule has 0 aliphatic carbocycles. The third kappa shape index (κ3) is 3.17. The molecule has 0 saturated carbocycles. The Morgan fingerprint density at radius 1 is 1.12 bits per heavy atom. The van der Waals surface area contributed by atoms with E-state index in [0.717, 1.165) is 42.2 Å². The molecule has 3 aromatic rings. The summed E-state index contributed by atoms with van der Waals surface area (Å²) in [5, 5.41) is 15.4. The molecule has 1 N–H and O–H groups in total. The number of para-hydroxylation sites is 1. The molecule has 1 aliphatic rings. The Morgan fingerprint density at radius 2 is 1.92 bits per heavy atom. The molecule has 4 rings (SSSR count). The lowest BCUT2D eigenvalue weighted by molar-refractivity contribution is 0.208. The minimum absolute atomic E-state index is 0.0484. The highest BCUT2D eigenvalue weighted by Crippen LogP contribution is 2.18. The first-order valence-electron chi connectivity index (χ1n) is 8.80. The van der Waals surface area contributed by atoms with Gasteiger partial charge in [0.15, 0.2) is 5.65 Å². The van der Waals surface area contributed by atoms with Crippen LogP contribution >= 0.6 is 0 Å². The molecular weight excluding hydrogens is 330 g/mol. The predicted octanol–water partition coefficient (Wildman–Crippen LogP) is 2.04. The van der Waals surface area contributed by atoms with Crippen LogP contribution in [0.1, 0.15) is 12.5 Å². The summed E-state index contributed by atoms with van der Waals surface area (Å²) in [6.45, 7) is 4.88. The molecule has 3 heterocycles. The van der Waals surface area contributed by atoms with E-state index >= 15 is 0 Å². The molecule has 0 unspecified atom stereocenters. The summed E-state index contributed by atoms with van der Waals surface area (Å²) in [7, 11) is 0. The van der Waals surface area contributed by atoms with Crippen molar-refractivity contribution in [3.8, 4) is 0 Å². The van der Waals surface area contributed by atoms with Gasteiger partial charge in [0.25, 0.3) is 0 Å². The maximum atomic E-state index is 12.6. The molecular formula is C18H21N7O. The molecule has 1 saturated heterocycles. The average molecular weight is 351 g/mol. The lowest BCUT2D eigenvalue weighted by atomic mass is 10.1. The van der Waals surface area contributed by atoms with Crippen LogP contribution in [-0.2, 0) is 6.42 Å². The van der Waals surface area contributed by atoms with Crippen LogP contribution in [-0.4, -0.2) is 56.9 Å². The normalized spacial score (nSPS) is 14.7. The van der Waals surface area contributed by atoms with Crippen LogP contribution in [0.2, 0.25) is 0 Å². The van der Waals surface area contributed by atoms with E-state index in [1.165, 1.54) is 0 Å². The van der Waals surface area contributed by atoms with E-state index in [4.69, 9.17) is 0 Å². The Morgan fingerprint density at radius 3 is 2.73 bits per heavy atom. The molecule has 0 spiro atoms. The largest absolute Gasteiger partial charge is 0.352 e. The Kier molecular flexibility index (Phi) is 4.39. The second-order valence-electron chi connectivity index (χ2n) is 6.24. The average Bonchev–Trinajstić information content (AvgIpc) is 3.16. The molecule has 8 heteroatoms. The van der Waals surface area contributed by atoms with E-state index in [0.29, 0.717) is 13.1 Å². The summed E-state index contributed by atoms with van der Waals surface area (Å²) in [6.07, 6.45) is 2.48. The number of aromatic nitrogens is 4. The zero-order chi connectivity index (χ0) is 17.9. The van der Waals surface area contributed by atoms with Crippen molar-refractivity contribution in [3.63, 3.8) is 0 Å². The lowest BCUT2D eigenvalue weighted by Gasteiger charge is -2.35. The molecule has 134 valence electrons.